The first kappa shape index (κ1) is 22.0. The predicted octanol–water partition coefficient (Wildman–Crippen LogP) is 2.71. The van der Waals surface area contributed by atoms with Gasteiger partial charge in [0.1, 0.15) is 0 Å². The molecule has 0 unspecified atom stereocenters. The van der Waals surface area contributed by atoms with Crippen molar-refractivity contribution in [2.45, 2.75) is 36.6 Å². The Hall–Kier alpha value is -2.02. The van der Waals surface area contributed by atoms with Crippen molar-refractivity contribution in [3.05, 3.63) is 29.8 Å². The number of sulfonamides is 1. The van der Waals surface area contributed by atoms with Gasteiger partial charge in [-0.05, 0) is 26.0 Å². The standard InChI is InChI=1S/C13H15F6N3O3S/c1-8-4-6-9(7-5-8)26(24,25)22(3)21-10(23)20-11(2,12(14,15)16)13(17,18)19/h4-7H,1-3H3,(H2,20,21,23). The number of amides is 2. The minimum atomic E-state index is -5.86. The second kappa shape index (κ2) is 6.95. The van der Waals surface area contributed by atoms with Crippen LogP contribution >= 0.6 is 0 Å². The first-order valence-corrected chi connectivity index (χ1v) is 8.24. The van der Waals surface area contributed by atoms with Gasteiger partial charge in [-0.2, -0.15) is 26.3 Å². The summed E-state index contributed by atoms with van der Waals surface area (Å²) in [5, 5.41) is 0.731. The Morgan fingerprint density at radius 3 is 1.81 bits per heavy atom. The van der Waals surface area contributed by atoms with Crippen molar-refractivity contribution in [2.24, 2.45) is 0 Å². The molecule has 1 rings (SSSR count). The third kappa shape index (κ3) is 4.38. The van der Waals surface area contributed by atoms with Gasteiger partial charge >= 0.3 is 18.4 Å². The Bertz CT molecular complexity index is 745. The Balaban J connectivity index is 3.01. The summed E-state index contributed by atoms with van der Waals surface area (Å²) in [5.74, 6) is 0. The fourth-order valence-corrected chi connectivity index (χ4v) is 2.63. The molecule has 0 heterocycles. The van der Waals surface area contributed by atoms with Gasteiger partial charge in [-0.1, -0.05) is 17.7 Å². The van der Waals surface area contributed by atoms with Crippen LogP contribution in [0.4, 0.5) is 31.1 Å². The van der Waals surface area contributed by atoms with E-state index < -0.39 is 33.9 Å². The number of carbonyl (C=O) groups excluding carboxylic acids is 1. The third-order valence-corrected chi connectivity index (χ3v) is 5.12. The van der Waals surface area contributed by atoms with E-state index in [1.165, 1.54) is 17.6 Å². The molecule has 0 atom stereocenters. The SMILES string of the molecule is Cc1ccc(S(=O)(=O)N(C)NC(=O)NC(C)(C(F)(F)F)C(F)(F)F)cc1. The molecule has 0 aromatic heterocycles. The van der Waals surface area contributed by atoms with Crippen LogP contribution in [0.25, 0.3) is 0 Å². The largest absolute Gasteiger partial charge is 0.420 e. The monoisotopic (exact) mass is 407 g/mol. The van der Waals surface area contributed by atoms with Crippen LogP contribution in [0.2, 0.25) is 0 Å². The van der Waals surface area contributed by atoms with Gasteiger partial charge in [-0.3, -0.25) is 5.43 Å². The lowest BCUT2D eigenvalue weighted by molar-refractivity contribution is -0.297. The van der Waals surface area contributed by atoms with E-state index in [9.17, 15) is 39.6 Å². The fourth-order valence-electron chi connectivity index (χ4n) is 1.63. The second-order valence-corrected chi connectivity index (χ2v) is 7.44. The summed E-state index contributed by atoms with van der Waals surface area (Å²) >= 11 is 0. The smallest absolute Gasteiger partial charge is 0.315 e. The molecule has 6 nitrogen and oxygen atoms in total. The lowest BCUT2D eigenvalue weighted by Crippen LogP contribution is -2.67. The van der Waals surface area contributed by atoms with Gasteiger partial charge in [-0.15, -0.1) is 4.41 Å². The number of nitrogens with zero attached hydrogens (tertiary/aromatic N) is 1. The lowest BCUT2D eigenvalue weighted by Gasteiger charge is -2.34. The van der Waals surface area contributed by atoms with Crippen LogP contribution in [0.1, 0.15) is 12.5 Å². The van der Waals surface area contributed by atoms with Gasteiger partial charge in [0.05, 0.1) is 4.90 Å². The van der Waals surface area contributed by atoms with E-state index >= 15 is 0 Å². The van der Waals surface area contributed by atoms with Gasteiger partial charge in [0, 0.05) is 7.05 Å². The summed E-state index contributed by atoms with van der Waals surface area (Å²) < 4.78 is 101. The second-order valence-electron chi connectivity index (χ2n) is 5.47. The molecular formula is C13H15F6N3O3S. The van der Waals surface area contributed by atoms with Gasteiger partial charge in [0.15, 0.2) is 0 Å². The molecule has 1 aromatic carbocycles. The highest BCUT2D eigenvalue weighted by atomic mass is 32.2. The van der Waals surface area contributed by atoms with Crippen LogP contribution in [0.15, 0.2) is 29.2 Å². The van der Waals surface area contributed by atoms with Crippen LogP contribution in [0.5, 0.6) is 0 Å². The van der Waals surface area contributed by atoms with Crippen molar-refractivity contribution in [1.82, 2.24) is 15.2 Å². The molecule has 0 radical (unpaired) electrons. The number of aryl methyl sites for hydroxylation is 1. The van der Waals surface area contributed by atoms with E-state index in [4.69, 9.17) is 0 Å². The normalized spacial score (nSPS) is 13.6. The Labute approximate surface area is 145 Å². The topological polar surface area (TPSA) is 78.5 Å². The number of hydrogen-bond acceptors (Lipinski definition) is 3. The van der Waals surface area contributed by atoms with Crippen molar-refractivity contribution < 1.29 is 39.6 Å². The van der Waals surface area contributed by atoms with E-state index in [0.29, 0.717) is 5.56 Å². The average Bonchev–Trinajstić information content (AvgIpc) is 2.44. The van der Waals surface area contributed by atoms with Crippen LogP contribution in [0.3, 0.4) is 0 Å². The number of hydrazine groups is 1. The predicted molar refractivity (Wildman–Crippen MR) is 78.3 cm³/mol. The minimum Gasteiger partial charge on any atom is -0.315 e. The fraction of sp³-hybridized carbons (Fsp3) is 0.462. The van der Waals surface area contributed by atoms with E-state index in [-0.39, 0.29) is 16.2 Å². The highest BCUT2D eigenvalue weighted by molar-refractivity contribution is 7.89. The Morgan fingerprint density at radius 1 is 1.00 bits per heavy atom. The molecule has 0 aliphatic heterocycles. The summed E-state index contributed by atoms with van der Waals surface area (Å²) in [6.45, 7) is 1.39. The van der Waals surface area contributed by atoms with Crippen molar-refractivity contribution in [3.8, 4) is 0 Å². The van der Waals surface area contributed by atoms with Crippen LogP contribution in [0, 0.1) is 6.92 Å². The van der Waals surface area contributed by atoms with Gasteiger partial charge in [0.2, 0.25) is 5.54 Å². The molecule has 13 heteroatoms. The maximum atomic E-state index is 12.7. The molecule has 0 saturated heterocycles. The van der Waals surface area contributed by atoms with Gasteiger partial charge in [-0.25, -0.2) is 13.2 Å². The first-order chi connectivity index (χ1) is 11.5. The van der Waals surface area contributed by atoms with Crippen molar-refractivity contribution in [3.63, 3.8) is 0 Å². The quantitative estimate of drug-likeness (QED) is 0.595. The zero-order chi connectivity index (χ0) is 20.6. The Morgan fingerprint density at radius 2 is 1.42 bits per heavy atom. The molecule has 2 amide bonds. The molecule has 0 fully saturated rings. The van der Waals surface area contributed by atoms with Crippen LogP contribution in [-0.4, -0.2) is 43.8 Å². The number of carbonyl (C=O) groups is 1. The molecule has 2 N–H and O–H groups in total. The number of urea groups is 1. The summed E-state index contributed by atoms with van der Waals surface area (Å²) in [4.78, 5) is 11.2. The number of rotatable bonds is 4. The van der Waals surface area contributed by atoms with Crippen LogP contribution < -0.4 is 10.7 Å². The Kier molecular flexibility index (Phi) is 5.88. The summed E-state index contributed by atoms with van der Waals surface area (Å²) in [7, 11) is -3.62. The average molecular weight is 407 g/mol. The maximum absolute atomic E-state index is 12.7. The van der Waals surface area contributed by atoms with Crippen molar-refractivity contribution in [2.75, 3.05) is 7.05 Å². The number of nitrogens with one attached hydrogen (secondary N) is 2. The number of alkyl halides is 6. The molecular weight excluding hydrogens is 392 g/mol. The van der Waals surface area contributed by atoms with E-state index in [1.807, 2.05) is 0 Å². The maximum Gasteiger partial charge on any atom is 0.420 e. The van der Waals surface area contributed by atoms with Crippen molar-refractivity contribution >= 4 is 16.1 Å². The molecule has 0 aliphatic carbocycles. The molecule has 148 valence electrons. The molecule has 1 aromatic rings. The minimum absolute atomic E-state index is 0.111. The number of halogens is 6. The molecule has 0 aliphatic rings. The third-order valence-electron chi connectivity index (χ3n) is 3.44. The summed E-state index contributed by atoms with van der Waals surface area (Å²) in [6.07, 6.45) is -11.7. The van der Waals surface area contributed by atoms with E-state index in [1.54, 1.807) is 6.92 Å². The molecule has 0 bridgehead atoms. The highest BCUT2D eigenvalue weighted by Crippen LogP contribution is 2.42. The van der Waals surface area contributed by atoms with E-state index in [2.05, 4.69) is 0 Å². The zero-order valence-corrected chi connectivity index (χ0v) is 14.5. The van der Waals surface area contributed by atoms with E-state index in [0.717, 1.165) is 24.5 Å². The lowest BCUT2D eigenvalue weighted by atomic mass is 10.0. The number of benzene rings is 1. The zero-order valence-electron chi connectivity index (χ0n) is 13.7. The number of hydrogen-bond donors (Lipinski definition) is 2. The highest BCUT2D eigenvalue weighted by Gasteiger charge is 2.68. The molecule has 26 heavy (non-hydrogen) atoms. The summed E-state index contributed by atoms with van der Waals surface area (Å²) in [6, 6.07) is 3.17. The van der Waals surface area contributed by atoms with Crippen LogP contribution in [-0.2, 0) is 10.0 Å². The van der Waals surface area contributed by atoms with Gasteiger partial charge in [0.25, 0.3) is 10.0 Å². The van der Waals surface area contributed by atoms with Gasteiger partial charge < -0.3 is 5.32 Å². The molecule has 0 spiro atoms. The first-order valence-electron chi connectivity index (χ1n) is 6.80. The van der Waals surface area contributed by atoms with Crippen molar-refractivity contribution in [1.29, 1.82) is 0 Å². The molecule has 0 saturated carbocycles. The summed E-state index contributed by atoms with van der Waals surface area (Å²) in [5.41, 5.74) is -2.43.